The van der Waals surface area contributed by atoms with Crippen molar-refractivity contribution >= 4 is 27.4 Å². The van der Waals surface area contributed by atoms with Crippen LogP contribution in [0.2, 0.25) is 0 Å². The average molecular weight is 640 g/mol. The summed E-state index contributed by atoms with van der Waals surface area (Å²) in [5, 5.41) is 9.26. The van der Waals surface area contributed by atoms with Crippen LogP contribution in [0.5, 0.6) is 11.5 Å². The molecule has 0 atom stereocenters. The minimum Gasteiger partial charge on any atom is -0.481 e. The van der Waals surface area contributed by atoms with Crippen molar-refractivity contribution in [1.29, 1.82) is 0 Å². The summed E-state index contributed by atoms with van der Waals surface area (Å²) < 4.78 is 38.7. The molecule has 8 nitrogen and oxygen atoms in total. The fourth-order valence-electron chi connectivity index (χ4n) is 9.66. The zero-order chi connectivity index (χ0) is 31.2. The molecule has 6 aliphatic rings. The number of carboxylic acid groups (broad SMARTS) is 1. The summed E-state index contributed by atoms with van der Waals surface area (Å²) in [6.45, 7) is 4.51. The largest absolute Gasteiger partial charge is 0.481 e. The molecule has 9 rings (SSSR count). The number of aliphatic carboxylic acids is 1. The summed E-state index contributed by atoms with van der Waals surface area (Å²) in [5.74, 6) is 0.917. The summed E-state index contributed by atoms with van der Waals surface area (Å²) >= 11 is 0. The van der Waals surface area contributed by atoms with Gasteiger partial charge in [-0.3, -0.25) is 4.79 Å². The zero-order valence-electron chi connectivity index (χ0n) is 26.3. The van der Waals surface area contributed by atoms with Crippen LogP contribution in [0.4, 0.5) is 11.4 Å². The minimum absolute atomic E-state index is 0.0929. The van der Waals surface area contributed by atoms with E-state index in [0.29, 0.717) is 30.7 Å². The second-order valence-corrected chi connectivity index (χ2v) is 15.8. The van der Waals surface area contributed by atoms with Gasteiger partial charge in [0.2, 0.25) is 10.0 Å². The maximum Gasteiger partial charge on any atom is 0.303 e. The molecule has 3 aromatic rings. The van der Waals surface area contributed by atoms with Crippen molar-refractivity contribution in [3.8, 4) is 11.5 Å². The highest BCUT2D eigenvalue weighted by molar-refractivity contribution is 7.89. The van der Waals surface area contributed by atoms with Gasteiger partial charge in [-0.2, -0.15) is 4.31 Å². The third kappa shape index (κ3) is 3.87. The van der Waals surface area contributed by atoms with Gasteiger partial charge in [-0.05, 0) is 93.5 Å². The van der Waals surface area contributed by atoms with E-state index in [1.54, 1.807) is 10.4 Å². The van der Waals surface area contributed by atoms with E-state index in [1.807, 2.05) is 18.2 Å². The number of hydrogen-bond donors (Lipinski definition) is 1. The Morgan fingerprint density at radius 2 is 1.33 bits per heavy atom. The van der Waals surface area contributed by atoms with Crippen LogP contribution in [0.25, 0.3) is 0 Å². The first-order valence-electron chi connectivity index (χ1n) is 17.3. The van der Waals surface area contributed by atoms with E-state index in [1.165, 1.54) is 33.6 Å². The summed E-state index contributed by atoms with van der Waals surface area (Å²) in [6, 6.07) is 12.2. The first-order valence-corrected chi connectivity index (χ1v) is 18.7. The van der Waals surface area contributed by atoms with Crippen LogP contribution in [-0.4, -0.2) is 56.5 Å². The van der Waals surface area contributed by atoms with Gasteiger partial charge in [0.15, 0.2) is 0 Å². The molecule has 6 heterocycles. The number of aryl methyl sites for hydroxylation is 2. The Hall–Kier alpha value is -3.56. The molecule has 0 saturated carbocycles. The molecular formula is C37H41N3O5S. The number of ether oxygens (including phenoxy) is 1. The highest BCUT2D eigenvalue weighted by atomic mass is 32.2. The topological polar surface area (TPSA) is 90.4 Å². The Kier molecular flexibility index (Phi) is 6.52. The molecule has 1 spiro atoms. The van der Waals surface area contributed by atoms with Crippen LogP contribution >= 0.6 is 0 Å². The fourth-order valence-corrected chi connectivity index (χ4v) is 11.7. The third-order valence-electron chi connectivity index (χ3n) is 11.4. The van der Waals surface area contributed by atoms with Crippen LogP contribution in [0.15, 0.2) is 41.3 Å². The highest BCUT2D eigenvalue weighted by Gasteiger charge is 2.60. The van der Waals surface area contributed by atoms with Crippen molar-refractivity contribution in [2.75, 3.05) is 42.5 Å². The van der Waals surface area contributed by atoms with Crippen LogP contribution in [0.3, 0.4) is 0 Å². The van der Waals surface area contributed by atoms with Crippen molar-refractivity contribution < 1.29 is 23.1 Å². The number of carbonyl (C=O) groups is 1. The van der Waals surface area contributed by atoms with Crippen molar-refractivity contribution in [3.63, 3.8) is 0 Å². The molecule has 0 amide bonds. The molecule has 0 bridgehead atoms. The summed E-state index contributed by atoms with van der Waals surface area (Å²) in [4.78, 5) is 16.7. The molecule has 9 heteroatoms. The number of fused-ring (bicyclic) bond motifs is 8. The molecule has 6 aliphatic heterocycles. The van der Waals surface area contributed by atoms with E-state index in [0.717, 1.165) is 106 Å². The second-order valence-electron chi connectivity index (χ2n) is 14.0. The van der Waals surface area contributed by atoms with Crippen molar-refractivity contribution in [3.05, 3.63) is 75.3 Å². The Balaban J connectivity index is 1.35. The van der Waals surface area contributed by atoms with E-state index < -0.39 is 21.5 Å². The monoisotopic (exact) mass is 639 g/mol. The Morgan fingerprint density at radius 3 is 1.91 bits per heavy atom. The molecule has 0 aromatic heterocycles. The molecule has 0 radical (unpaired) electrons. The second kappa shape index (κ2) is 10.5. The maximum absolute atomic E-state index is 14.8. The standard InChI is InChI=1S/C37H41N3O5S/c41-32(42)16-2-1-5-21-40-37(28-14-3-4-15-31(28)46(40,43)44)29-22-24-10-6-17-38-19-8-12-26(33(24)38)35(29)45-36-27-13-9-20-39-18-7-11-25(34(27)39)23-30(36)37/h3-4,14-15,22-23H,1-2,5-13,16-21H2,(H,41,42). The van der Waals surface area contributed by atoms with E-state index in [-0.39, 0.29) is 6.42 Å². The SMILES string of the molecule is O=C(O)CCCCCN1C2(c3ccccc3S1(=O)=O)c1cc3c4c(c1Oc1c2cc2c5c1CCCN5CCC2)CCCN4CCC3. The number of anilines is 2. The van der Waals surface area contributed by atoms with E-state index >= 15 is 0 Å². The zero-order valence-corrected chi connectivity index (χ0v) is 27.1. The summed E-state index contributed by atoms with van der Waals surface area (Å²) in [6.07, 6.45) is 9.94. The maximum atomic E-state index is 14.8. The molecule has 0 fully saturated rings. The molecule has 3 aromatic carbocycles. The predicted molar refractivity (Wildman–Crippen MR) is 177 cm³/mol. The highest BCUT2D eigenvalue weighted by Crippen LogP contribution is 2.64. The normalized spacial score (nSPS) is 21.1. The van der Waals surface area contributed by atoms with Gasteiger partial charge in [-0.25, -0.2) is 8.42 Å². The lowest BCUT2D eigenvalue weighted by molar-refractivity contribution is -0.137. The van der Waals surface area contributed by atoms with Crippen LogP contribution in [-0.2, 0) is 46.0 Å². The number of rotatable bonds is 6. The number of sulfonamides is 1. The van der Waals surface area contributed by atoms with Gasteiger partial charge in [-0.1, -0.05) is 24.6 Å². The quantitative estimate of drug-likeness (QED) is 0.325. The summed E-state index contributed by atoms with van der Waals surface area (Å²) in [7, 11) is -3.88. The molecule has 0 saturated heterocycles. The lowest BCUT2D eigenvalue weighted by atomic mass is 9.70. The van der Waals surface area contributed by atoms with Crippen molar-refractivity contribution in [1.82, 2.24) is 4.31 Å². The van der Waals surface area contributed by atoms with Gasteiger partial charge in [0.25, 0.3) is 0 Å². The number of unbranched alkanes of at least 4 members (excludes halogenated alkanes) is 2. The molecule has 1 N–H and O–H groups in total. The van der Waals surface area contributed by atoms with Gasteiger partial charge < -0.3 is 19.6 Å². The number of carboxylic acids is 1. The van der Waals surface area contributed by atoms with Crippen molar-refractivity contribution in [2.24, 2.45) is 0 Å². The smallest absolute Gasteiger partial charge is 0.303 e. The Bertz CT molecular complexity index is 1820. The predicted octanol–water partition coefficient (Wildman–Crippen LogP) is 6.13. The lowest BCUT2D eigenvalue weighted by Crippen LogP contribution is -2.49. The van der Waals surface area contributed by atoms with Crippen LogP contribution in [0.1, 0.15) is 90.3 Å². The van der Waals surface area contributed by atoms with E-state index in [4.69, 9.17) is 4.74 Å². The van der Waals surface area contributed by atoms with Gasteiger partial charge in [0, 0.05) is 78.3 Å². The molecule has 240 valence electrons. The Morgan fingerprint density at radius 1 is 0.761 bits per heavy atom. The third-order valence-corrected chi connectivity index (χ3v) is 13.3. The van der Waals surface area contributed by atoms with E-state index in [2.05, 4.69) is 21.9 Å². The van der Waals surface area contributed by atoms with Gasteiger partial charge in [0.05, 0.1) is 4.90 Å². The van der Waals surface area contributed by atoms with Gasteiger partial charge in [-0.15, -0.1) is 0 Å². The van der Waals surface area contributed by atoms with Crippen LogP contribution in [0, 0.1) is 0 Å². The van der Waals surface area contributed by atoms with E-state index in [9.17, 15) is 18.3 Å². The summed E-state index contributed by atoms with van der Waals surface area (Å²) in [5.41, 5.74) is 9.42. The fraction of sp³-hybridized carbons (Fsp3) is 0.486. The molecule has 46 heavy (non-hydrogen) atoms. The van der Waals surface area contributed by atoms with Gasteiger partial charge >= 0.3 is 5.97 Å². The lowest BCUT2D eigenvalue weighted by Gasteiger charge is -2.48. The Labute approximate surface area is 271 Å². The first-order chi connectivity index (χ1) is 22.4. The molecule has 0 aliphatic carbocycles. The molecule has 0 unspecified atom stereocenters. The van der Waals surface area contributed by atoms with Crippen molar-refractivity contribution in [2.45, 2.75) is 87.5 Å². The number of hydrogen-bond acceptors (Lipinski definition) is 6. The van der Waals surface area contributed by atoms with Crippen LogP contribution < -0.4 is 14.5 Å². The average Bonchev–Trinajstić information content (AvgIpc) is 3.26. The number of nitrogens with zero attached hydrogens (tertiary/aromatic N) is 3. The van der Waals surface area contributed by atoms with Gasteiger partial charge in [0.1, 0.15) is 17.0 Å². The number of benzene rings is 3. The first kappa shape index (κ1) is 28.6. The molecular weight excluding hydrogens is 598 g/mol. The minimum atomic E-state index is -3.88.